The first-order chi connectivity index (χ1) is 22.5. The van der Waals surface area contributed by atoms with Gasteiger partial charge in [0.05, 0.1) is 19.1 Å². The Morgan fingerprint density at radius 3 is 2.24 bits per heavy atom. The molecule has 0 aliphatic carbocycles. The zero-order chi connectivity index (χ0) is 32.1. The van der Waals surface area contributed by atoms with Crippen LogP contribution in [0.5, 0.6) is 5.75 Å². The summed E-state index contributed by atoms with van der Waals surface area (Å²) in [7, 11) is 0. The number of carbonyl (C=O) groups is 3. The van der Waals surface area contributed by atoms with Crippen LogP contribution >= 0.6 is 0 Å². The maximum Gasteiger partial charge on any atom is 0.326 e. The van der Waals surface area contributed by atoms with Gasteiger partial charge in [-0.1, -0.05) is 72.8 Å². The molecular formula is C38H34N2O6. The van der Waals surface area contributed by atoms with Gasteiger partial charge in [0.15, 0.2) is 5.78 Å². The standard InChI is InChI=1S/C38H34N2O6/c41-36(21-18-29-22-25-45-27-29)40(31-12-5-2-6-13-31)23-9-24-46-32-19-16-28(17-20-32)26-35(38(43)44)39-34-15-8-7-14-33(34)37(42)30-10-3-1-4-11-30/h1-8,10-22,25,27,35,39H,9,23-24,26H2,(H,43,44)/b21-18+/t35-/m0/s1. The smallest absolute Gasteiger partial charge is 0.326 e. The Labute approximate surface area is 267 Å². The van der Waals surface area contributed by atoms with Crippen LogP contribution in [-0.2, 0) is 16.0 Å². The molecular weight excluding hydrogens is 580 g/mol. The minimum Gasteiger partial charge on any atom is -0.494 e. The molecule has 0 aliphatic heterocycles. The summed E-state index contributed by atoms with van der Waals surface area (Å²) in [5.74, 6) is -0.721. The fourth-order valence-corrected chi connectivity index (χ4v) is 4.91. The van der Waals surface area contributed by atoms with Gasteiger partial charge in [-0.05, 0) is 60.5 Å². The number of hydrogen-bond acceptors (Lipinski definition) is 6. The lowest BCUT2D eigenvalue weighted by atomic mass is 10.00. The fraction of sp³-hybridized carbons (Fsp3) is 0.132. The molecule has 0 unspecified atom stereocenters. The third-order valence-electron chi connectivity index (χ3n) is 7.29. The number of benzene rings is 4. The molecule has 1 amide bonds. The third kappa shape index (κ3) is 8.60. The van der Waals surface area contributed by atoms with E-state index in [-0.39, 0.29) is 18.1 Å². The van der Waals surface area contributed by atoms with E-state index in [2.05, 4.69) is 5.32 Å². The summed E-state index contributed by atoms with van der Waals surface area (Å²) in [6.07, 6.45) is 7.16. The number of aliphatic carboxylic acids is 1. The van der Waals surface area contributed by atoms with Gasteiger partial charge < -0.3 is 24.5 Å². The zero-order valence-electron chi connectivity index (χ0n) is 25.1. The molecule has 46 heavy (non-hydrogen) atoms. The number of para-hydroxylation sites is 2. The predicted molar refractivity (Wildman–Crippen MR) is 178 cm³/mol. The van der Waals surface area contributed by atoms with Crippen LogP contribution < -0.4 is 15.0 Å². The van der Waals surface area contributed by atoms with E-state index in [1.54, 1.807) is 90.2 Å². The van der Waals surface area contributed by atoms with Gasteiger partial charge in [0.25, 0.3) is 5.91 Å². The molecule has 5 rings (SSSR count). The second-order valence-corrected chi connectivity index (χ2v) is 10.5. The first-order valence-corrected chi connectivity index (χ1v) is 14.9. The van der Waals surface area contributed by atoms with Crippen molar-refractivity contribution in [3.8, 4) is 5.75 Å². The zero-order valence-corrected chi connectivity index (χ0v) is 25.1. The summed E-state index contributed by atoms with van der Waals surface area (Å²) in [5, 5.41) is 13.0. The van der Waals surface area contributed by atoms with Gasteiger partial charge in [0.1, 0.15) is 11.8 Å². The molecule has 0 radical (unpaired) electrons. The molecule has 0 fully saturated rings. The Morgan fingerprint density at radius 2 is 1.54 bits per heavy atom. The summed E-state index contributed by atoms with van der Waals surface area (Å²) in [4.78, 5) is 40.0. The molecule has 1 heterocycles. The second-order valence-electron chi connectivity index (χ2n) is 10.5. The molecule has 0 saturated carbocycles. The first-order valence-electron chi connectivity index (χ1n) is 14.9. The topological polar surface area (TPSA) is 109 Å². The average molecular weight is 615 g/mol. The Morgan fingerprint density at radius 1 is 0.848 bits per heavy atom. The molecule has 1 aromatic heterocycles. The SMILES string of the molecule is O=C(c1ccccc1)c1ccccc1N[C@@H](Cc1ccc(OCCCN(C(=O)/C=C/c2ccoc2)c2ccccc2)cc1)C(=O)O. The van der Waals surface area contributed by atoms with Crippen molar-refractivity contribution in [2.24, 2.45) is 0 Å². The van der Waals surface area contributed by atoms with Crippen LogP contribution in [-0.4, -0.2) is 42.0 Å². The highest BCUT2D eigenvalue weighted by atomic mass is 16.5. The molecule has 4 aromatic carbocycles. The van der Waals surface area contributed by atoms with E-state index in [4.69, 9.17) is 9.15 Å². The number of carboxylic acids is 1. The van der Waals surface area contributed by atoms with Gasteiger partial charge >= 0.3 is 5.97 Å². The lowest BCUT2D eigenvalue weighted by molar-refractivity contribution is -0.137. The van der Waals surface area contributed by atoms with Crippen molar-refractivity contribution in [3.05, 3.63) is 156 Å². The van der Waals surface area contributed by atoms with E-state index in [1.807, 2.05) is 48.5 Å². The van der Waals surface area contributed by atoms with E-state index in [0.717, 1.165) is 16.8 Å². The van der Waals surface area contributed by atoms with Crippen molar-refractivity contribution in [2.45, 2.75) is 18.9 Å². The predicted octanol–water partition coefficient (Wildman–Crippen LogP) is 7.13. The second kappa shape index (κ2) is 15.7. The molecule has 0 bridgehead atoms. The van der Waals surface area contributed by atoms with Crippen molar-refractivity contribution in [3.63, 3.8) is 0 Å². The highest BCUT2D eigenvalue weighted by molar-refractivity contribution is 6.12. The maximum absolute atomic E-state index is 13.1. The number of nitrogens with one attached hydrogen (secondary N) is 1. The number of ether oxygens (including phenoxy) is 1. The van der Waals surface area contributed by atoms with Gasteiger partial charge in [-0.15, -0.1) is 0 Å². The molecule has 0 spiro atoms. The normalized spacial score (nSPS) is 11.6. The van der Waals surface area contributed by atoms with Crippen molar-refractivity contribution >= 4 is 35.1 Å². The summed E-state index contributed by atoms with van der Waals surface area (Å²) < 4.78 is 11.0. The number of amides is 1. The average Bonchev–Trinajstić information content (AvgIpc) is 3.62. The lowest BCUT2D eigenvalue weighted by Gasteiger charge is -2.21. The van der Waals surface area contributed by atoms with Gasteiger partial charge in [0, 0.05) is 47.1 Å². The molecule has 232 valence electrons. The van der Waals surface area contributed by atoms with Crippen LogP contribution in [0.3, 0.4) is 0 Å². The van der Waals surface area contributed by atoms with E-state index in [0.29, 0.717) is 42.1 Å². The van der Waals surface area contributed by atoms with Crippen molar-refractivity contribution < 1.29 is 28.6 Å². The Kier molecular flexibility index (Phi) is 10.8. The first kappa shape index (κ1) is 31.5. The molecule has 8 heteroatoms. The third-order valence-corrected chi connectivity index (χ3v) is 7.29. The fourth-order valence-electron chi connectivity index (χ4n) is 4.91. The molecule has 8 nitrogen and oxygen atoms in total. The van der Waals surface area contributed by atoms with Crippen LogP contribution in [0.25, 0.3) is 6.08 Å². The number of hydrogen-bond donors (Lipinski definition) is 2. The molecule has 0 saturated heterocycles. The van der Waals surface area contributed by atoms with Crippen molar-refractivity contribution in [1.82, 2.24) is 0 Å². The number of carboxylic acid groups (broad SMARTS) is 1. The van der Waals surface area contributed by atoms with E-state index in [1.165, 1.54) is 6.08 Å². The highest BCUT2D eigenvalue weighted by Crippen LogP contribution is 2.22. The van der Waals surface area contributed by atoms with Crippen molar-refractivity contribution in [2.75, 3.05) is 23.4 Å². The largest absolute Gasteiger partial charge is 0.494 e. The van der Waals surface area contributed by atoms with Crippen LogP contribution in [0.1, 0.15) is 33.5 Å². The van der Waals surface area contributed by atoms with E-state index >= 15 is 0 Å². The van der Waals surface area contributed by atoms with E-state index < -0.39 is 12.0 Å². The monoisotopic (exact) mass is 614 g/mol. The quantitative estimate of drug-likeness (QED) is 0.0733. The summed E-state index contributed by atoms with van der Waals surface area (Å²) in [6, 6.07) is 33.4. The summed E-state index contributed by atoms with van der Waals surface area (Å²) in [6.45, 7) is 0.837. The molecule has 0 aliphatic rings. The minimum atomic E-state index is -1.03. The number of furan rings is 1. The Bertz CT molecular complexity index is 1750. The lowest BCUT2D eigenvalue weighted by Crippen LogP contribution is -2.32. The molecule has 2 N–H and O–H groups in total. The Hall–Kier alpha value is -5.89. The van der Waals surface area contributed by atoms with Crippen LogP contribution in [0.15, 0.2) is 138 Å². The number of ketones is 1. The van der Waals surface area contributed by atoms with Crippen LogP contribution in [0.4, 0.5) is 11.4 Å². The van der Waals surface area contributed by atoms with Gasteiger partial charge in [0.2, 0.25) is 0 Å². The van der Waals surface area contributed by atoms with Gasteiger partial charge in [-0.2, -0.15) is 0 Å². The number of nitrogens with zero attached hydrogens (tertiary/aromatic N) is 1. The number of carbonyl (C=O) groups excluding carboxylic acids is 2. The summed E-state index contributed by atoms with van der Waals surface area (Å²) in [5.41, 5.74) is 3.79. The highest BCUT2D eigenvalue weighted by Gasteiger charge is 2.21. The minimum absolute atomic E-state index is 0.148. The van der Waals surface area contributed by atoms with Crippen LogP contribution in [0, 0.1) is 0 Å². The number of anilines is 2. The molecule has 5 aromatic rings. The van der Waals surface area contributed by atoms with E-state index in [9.17, 15) is 19.5 Å². The number of rotatable bonds is 15. The van der Waals surface area contributed by atoms with Crippen LogP contribution in [0.2, 0.25) is 0 Å². The maximum atomic E-state index is 13.1. The van der Waals surface area contributed by atoms with Crippen molar-refractivity contribution in [1.29, 1.82) is 0 Å². The van der Waals surface area contributed by atoms with Gasteiger partial charge in [-0.3, -0.25) is 9.59 Å². The Balaban J connectivity index is 1.16. The van der Waals surface area contributed by atoms with Gasteiger partial charge in [-0.25, -0.2) is 4.79 Å². The summed E-state index contributed by atoms with van der Waals surface area (Å²) >= 11 is 0. The molecule has 1 atom stereocenters.